The Labute approximate surface area is 292 Å². The highest BCUT2D eigenvalue weighted by atomic mass is 16.3. The lowest BCUT2D eigenvalue weighted by Gasteiger charge is -2.21. The normalized spacial score (nSPS) is 13.9. The molecule has 0 aromatic rings. The zero-order valence-corrected chi connectivity index (χ0v) is 31.4. The van der Waals surface area contributed by atoms with Crippen molar-refractivity contribution in [3.8, 4) is 0 Å². The Balaban J connectivity index is 3.69. The maximum atomic E-state index is 12.4. The van der Waals surface area contributed by atoms with Crippen LogP contribution >= 0.6 is 0 Å². The molecule has 0 bridgehead atoms. The molecule has 4 N–H and O–H groups in total. The Bertz CT molecular complexity index is 694. The third-order valence-electron chi connectivity index (χ3n) is 9.54. The third kappa shape index (κ3) is 33.1. The lowest BCUT2D eigenvalue weighted by Crippen LogP contribution is -2.48. The van der Waals surface area contributed by atoms with Gasteiger partial charge in [-0.25, -0.2) is 0 Å². The Hall–Kier alpha value is -1.17. The first-order valence-electron chi connectivity index (χ1n) is 20.7. The first-order chi connectivity index (χ1) is 23.1. The maximum Gasteiger partial charge on any atom is 0.249 e. The SMILES string of the molecule is CCCCCC/C=C\CCCCCCCCC(O)C(=O)NC(CO)C(O)/C=C/CCCCCCCCCCCCCCCCCCC. The van der Waals surface area contributed by atoms with Gasteiger partial charge in [0, 0.05) is 0 Å². The van der Waals surface area contributed by atoms with Crippen LogP contribution < -0.4 is 5.32 Å². The number of hydrogen-bond donors (Lipinski definition) is 4. The van der Waals surface area contributed by atoms with Gasteiger partial charge in [-0.05, 0) is 44.9 Å². The standard InChI is InChI=1S/C42H81NO4/c1-3-5-7-9-11-13-15-17-19-20-21-22-23-25-26-28-30-32-34-36-40(45)39(38-44)43-42(47)41(46)37-35-33-31-29-27-24-18-16-14-12-10-8-6-4-2/h14,16,34,36,39-41,44-46H,3-13,15,17-33,35,37-38H2,1-2H3,(H,43,47)/b16-14-,36-34+. The Morgan fingerprint density at radius 3 is 1.26 bits per heavy atom. The van der Waals surface area contributed by atoms with Crippen LogP contribution in [0.1, 0.15) is 213 Å². The number of carbonyl (C=O) groups is 1. The molecule has 3 unspecified atom stereocenters. The molecule has 0 saturated heterocycles. The number of rotatable bonds is 37. The predicted octanol–water partition coefficient (Wildman–Crippen LogP) is 11.4. The molecule has 0 aromatic heterocycles. The van der Waals surface area contributed by atoms with Crippen molar-refractivity contribution < 1.29 is 20.1 Å². The molecule has 0 aliphatic rings. The summed E-state index contributed by atoms with van der Waals surface area (Å²) in [6.07, 6.45) is 44.8. The van der Waals surface area contributed by atoms with Crippen molar-refractivity contribution >= 4 is 5.91 Å². The molecule has 1 amide bonds. The summed E-state index contributed by atoms with van der Waals surface area (Å²) < 4.78 is 0. The van der Waals surface area contributed by atoms with Gasteiger partial charge in [-0.15, -0.1) is 0 Å². The van der Waals surface area contributed by atoms with Crippen molar-refractivity contribution in [2.24, 2.45) is 0 Å². The van der Waals surface area contributed by atoms with Crippen LogP contribution in [-0.4, -0.2) is 46.1 Å². The van der Waals surface area contributed by atoms with Gasteiger partial charge < -0.3 is 20.6 Å². The van der Waals surface area contributed by atoms with Crippen molar-refractivity contribution in [3.05, 3.63) is 24.3 Å². The number of allylic oxidation sites excluding steroid dienone is 3. The Kier molecular flexibility index (Phi) is 36.7. The summed E-state index contributed by atoms with van der Waals surface area (Å²) >= 11 is 0. The number of aliphatic hydroxyl groups is 3. The fraction of sp³-hybridized carbons (Fsp3) is 0.881. The van der Waals surface area contributed by atoms with E-state index in [0.29, 0.717) is 6.42 Å². The average molecular weight is 664 g/mol. The number of unbranched alkanes of at least 4 members (excludes halogenated alkanes) is 27. The minimum Gasteiger partial charge on any atom is -0.394 e. The molecule has 0 saturated carbocycles. The van der Waals surface area contributed by atoms with Gasteiger partial charge in [0.05, 0.1) is 18.8 Å². The molecule has 3 atom stereocenters. The van der Waals surface area contributed by atoms with Crippen LogP contribution in [0.25, 0.3) is 0 Å². The van der Waals surface area contributed by atoms with Gasteiger partial charge in [-0.2, -0.15) is 0 Å². The Morgan fingerprint density at radius 2 is 0.851 bits per heavy atom. The second-order valence-electron chi connectivity index (χ2n) is 14.2. The summed E-state index contributed by atoms with van der Waals surface area (Å²) in [4.78, 5) is 12.4. The molecule has 0 spiro atoms. The minimum absolute atomic E-state index is 0.364. The van der Waals surface area contributed by atoms with Gasteiger partial charge in [0.2, 0.25) is 5.91 Å². The van der Waals surface area contributed by atoms with E-state index in [-0.39, 0.29) is 6.61 Å². The highest BCUT2D eigenvalue weighted by Gasteiger charge is 2.22. The predicted molar refractivity (Wildman–Crippen MR) is 204 cm³/mol. The molecule has 0 radical (unpaired) electrons. The molecule has 278 valence electrons. The van der Waals surface area contributed by atoms with Crippen molar-refractivity contribution in [1.29, 1.82) is 0 Å². The topological polar surface area (TPSA) is 89.8 Å². The van der Waals surface area contributed by atoms with Gasteiger partial charge >= 0.3 is 0 Å². The van der Waals surface area contributed by atoms with E-state index in [9.17, 15) is 20.1 Å². The molecule has 5 nitrogen and oxygen atoms in total. The van der Waals surface area contributed by atoms with Crippen LogP contribution in [0.4, 0.5) is 0 Å². The summed E-state index contributed by atoms with van der Waals surface area (Å²) in [7, 11) is 0. The maximum absolute atomic E-state index is 12.4. The third-order valence-corrected chi connectivity index (χ3v) is 9.54. The zero-order chi connectivity index (χ0) is 34.5. The average Bonchev–Trinajstić information content (AvgIpc) is 3.07. The number of aliphatic hydroxyl groups excluding tert-OH is 3. The van der Waals surface area contributed by atoms with E-state index in [1.807, 2.05) is 6.08 Å². The van der Waals surface area contributed by atoms with Crippen molar-refractivity contribution in [2.45, 2.75) is 231 Å². The fourth-order valence-corrected chi connectivity index (χ4v) is 6.24. The number of nitrogens with one attached hydrogen (secondary N) is 1. The molecule has 0 aliphatic carbocycles. The van der Waals surface area contributed by atoms with E-state index >= 15 is 0 Å². The summed E-state index contributed by atoms with van der Waals surface area (Å²) in [5.41, 5.74) is 0. The van der Waals surface area contributed by atoms with Crippen LogP contribution in [0.2, 0.25) is 0 Å². The van der Waals surface area contributed by atoms with Gasteiger partial charge in [-0.3, -0.25) is 4.79 Å². The van der Waals surface area contributed by atoms with E-state index in [1.165, 1.54) is 161 Å². The lowest BCUT2D eigenvalue weighted by atomic mass is 10.0. The molecule has 47 heavy (non-hydrogen) atoms. The molecular formula is C42H81NO4. The van der Waals surface area contributed by atoms with E-state index in [2.05, 4.69) is 31.3 Å². The number of hydrogen-bond acceptors (Lipinski definition) is 4. The van der Waals surface area contributed by atoms with Gasteiger partial charge in [0.25, 0.3) is 0 Å². The summed E-state index contributed by atoms with van der Waals surface area (Å²) in [6.45, 7) is 4.16. The Morgan fingerprint density at radius 1 is 0.511 bits per heavy atom. The zero-order valence-electron chi connectivity index (χ0n) is 31.4. The van der Waals surface area contributed by atoms with Crippen LogP contribution in [-0.2, 0) is 4.79 Å². The van der Waals surface area contributed by atoms with E-state index < -0.39 is 24.2 Å². The van der Waals surface area contributed by atoms with Gasteiger partial charge in [-0.1, -0.05) is 192 Å². The van der Waals surface area contributed by atoms with Crippen molar-refractivity contribution in [2.75, 3.05) is 6.61 Å². The number of carbonyl (C=O) groups excluding carboxylic acids is 1. The van der Waals surface area contributed by atoms with Crippen molar-refractivity contribution in [3.63, 3.8) is 0 Å². The van der Waals surface area contributed by atoms with E-state index in [4.69, 9.17) is 0 Å². The van der Waals surface area contributed by atoms with E-state index in [0.717, 1.165) is 32.1 Å². The van der Waals surface area contributed by atoms with Gasteiger partial charge in [0.15, 0.2) is 0 Å². The fourth-order valence-electron chi connectivity index (χ4n) is 6.24. The highest BCUT2D eigenvalue weighted by Crippen LogP contribution is 2.15. The lowest BCUT2D eigenvalue weighted by molar-refractivity contribution is -0.131. The molecule has 0 aliphatic heterocycles. The molecule has 0 rings (SSSR count). The molecular weight excluding hydrogens is 582 g/mol. The quantitative estimate of drug-likeness (QED) is 0.0393. The second-order valence-corrected chi connectivity index (χ2v) is 14.2. The van der Waals surface area contributed by atoms with E-state index in [1.54, 1.807) is 6.08 Å². The first kappa shape index (κ1) is 45.8. The number of amides is 1. The molecule has 0 heterocycles. The second kappa shape index (κ2) is 37.6. The molecule has 0 aromatic carbocycles. The summed E-state index contributed by atoms with van der Waals surface area (Å²) in [5.74, 6) is -0.508. The van der Waals surface area contributed by atoms with Crippen LogP contribution in [0, 0.1) is 0 Å². The minimum atomic E-state index is -1.10. The largest absolute Gasteiger partial charge is 0.394 e. The monoisotopic (exact) mass is 664 g/mol. The first-order valence-corrected chi connectivity index (χ1v) is 20.7. The van der Waals surface area contributed by atoms with Crippen LogP contribution in [0.3, 0.4) is 0 Å². The summed E-state index contributed by atoms with van der Waals surface area (Å²) in [5, 5.41) is 33.1. The van der Waals surface area contributed by atoms with Crippen molar-refractivity contribution in [1.82, 2.24) is 5.32 Å². The molecule has 5 heteroatoms. The van der Waals surface area contributed by atoms with Crippen LogP contribution in [0.5, 0.6) is 0 Å². The summed E-state index contributed by atoms with van der Waals surface area (Å²) in [6, 6.07) is -0.797. The van der Waals surface area contributed by atoms with Crippen LogP contribution in [0.15, 0.2) is 24.3 Å². The molecule has 0 fully saturated rings. The van der Waals surface area contributed by atoms with Gasteiger partial charge in [0.1, 0.15) is 6.10 Å². The smallest absolute Gasteiger partial charge is 0.249 e. The highest BCUT2D eigenvalue weighted by molar-refractivity contribution is 5.80.